The third-order valence-electron chi connectivity index (χ3n) is 16.2. The summed E-state index contributed by atoms with van der Waals surface area (Å²) < 4.78 is 0. The molecule has 3 aromatic rings. The van der Waals surface area contributed by atoms with Crippen LogP contribution in [0.15, 0.2) is 0 Å². The lowest BCUT2D eigenvalue weighted by Crippen LogP contribution is -2.67. The maximum absolute atomic E-state index is 4.67. The molecule has 0 saturated heterocycles. The first kappa shape index (κ1) is 40.7. The van der Waals surface area contributed by atoms with Crippen molar-refractivity contribution in [3.63, 3.8) is 0 Å². The molecule has 12 heteroatoms. The number of aryl methyl sites for hydroxylation is 3. The zero-order valence-corrected chi connectivity index (χ0v) is 36.9. The second-order valence-corrected chi connectivity index (χ2v) is 20.1. The molecule has 0 saturated carbocycles. The van der Waals surface area contributed by atoms with E-state index in [0.29, 0.717) is 0 Å². The smallest absolute Gasteiger partial charge is 0.196 e. The van der Waals surface area contributed by atoms with Crippen LogP contribution < -0.4 is 9.80 Å². The van der Waals surface area contributed by atoms with E-state index in [9.17, 15) is 0 Å². The van der Waals surface area contributed by atoms with Gasteiger partial charge in [0.1, 0.15) is 5.69 Å². The van der Waals surface area contributed by atoms with Crippen molar-refractivity contribution in [1.82, 2.24) is 49.9 Å². The highest BCUT2D eigenvalue weighted by atomic mass is 15.6. The van der Waals surface area contributed by atoms with Crippen LogP contribution in [0.4, 0.5) is 11.6 Å². The van der Waals surface area contributed by atoms with Crippen molar-refractivity contribution >= 4 is 11.6 Å². The van der Waals surface area contributed by atoms with Gasteiger partial charge in [-0.3, -0.25) is 4.90 Å². The van der Waals surface area contributed by atoms with E-state index >= 15 is 0 Å². The molecule has 3 aliphatic rings. The van der Waals surface area contributed by atoms with E-state index in [0.717, 1.165) is 23.0 Å². The lowest BCUT2D eigenvalue weighted by Gasteiger charge is -2.61. The third kappa shape index (κ3) is 5.30. The molecule has 6 rings (SSSR count). The highest BCUT2D eigenvalue weighted by Gasteiger charge is 2.63. The largest absolute Gasteiger partial charge is 0.348 e. The Morgan fingerprint density at radius 1 is 0.333 bits per heavy atom. The second kappa shape index (κ2) is 11.5. The number of likely N-dealkylation sites (N-methyl/N-ethyl adjacent to an activating group) is 3. The predicted molar refractivity (Wildman–Crippen MR) is 209 cm³/mol. The van der Waals surface area contributed by atoms with E-state index in [2.05, 4.69) is 191 Å². The summed E-state index contributed by atoms with van der Waals surface area (Å²) in [6.07, 6.45) is 0. The van der Waals surface area contributed by atoms with Gasteiger partial charge in [0.15, 0.2) is 11.6 Å². The Morgan fingerprint density at radius 3 is 0.941 bits per heavy atom. The van der Waals surface area contributed by atoms with Crippen molar-refractivity contribution in [2.75, 3.05) is 30.9 Å². The van der Waals surface area contributed by atoms with Crippen LogP contribution in [0.2, 0.25) is 0 Å². The summed E-state index contributed by atoms with van der Waals surface area (Å²) in [7, 11) is 12.0. The maximum atomic E-state index is 4.67. The number of anilines is 2. The Kier molecular flexibility index (Phi) is 9.18. The van der Waals surface area contributed by atoms with Crippen LogP contribution >= 0.6 is 0 Å². The number of rotatable bonds is 0. The molecule has 51 heavy (non-hydrogen) atoms. The molecule has 5 heterocycles. The maximum Gasteiger partial charge on any atom is 0.196 e. The fourth-order valence-electron chi connectivity index (χ4n) is 8.38. The lowest BCUT2D eigenvalue weighted by atomic mass is 9.42. The van der Waals surface area contributed by atoms with Crippen LogP contribution in [0.5, 0.6) is 0 Å². The molecule has 0 unspecified atom stereocenters. The Labute approximate surface area is 309 Å². The summed E-state index contributed by atoms with van der Waals surface area (Å²) in [6.45, 7) is 41.2. The molecule has 0 N–H and O–H groups in total. The second-order valence-electron chi connectivity index (χ2n) is 20.1. The molecule has 0 radical (unpaired) electrons. The third-order valence-corrected chi connectivity index (χ3v) is 16.2. The summed E-state index contributed by atoms with van der Waals surface area (Å²) in [4.78, 5) is 11.9. The summed E-state index contributed by atoms with van der Waals surface area (Å²) in [5.74, 6) is 1.91. The fraction of sp³-hybridized carbons (Fsp3) is 0.846. The molecule has 2 aliphatic heterocycles. The molecule has 3 aromatic heterocycles. The van der Waals surface area contributed by atoms with Gasteiger partial charge in [0, 0.05) is 57.0 Å². The lowest BCUT2D eigenvalue weighted by molar-refractivity contribution is -0.0473. The summed E-state index contributed by atoms with van der Waals surface area (Å²) in [5.41, 5.74) is 4.86. The average molecular weight is 709 g/mol. The summed E-state index contributed by atoms with van der Waals surface area (Å²) >= 11 is 0. The Bertz CT molecular complexity index is 1690. The van der Waals surface area contributed by atoms with Crippen LogP contribution in [0.25, 0.3) is 0 Å². The molecule has 1 aliphatic carbocycles. The topological polar surface area (TPSA) is 102 Å². The van der Waals surface area contributed by atoms with Crippen LogP contribution in [0.3, 0.4) is 0 Å². The van der Waals surface area contributed by atoms with Crippen molar-refractivity contribution in [3.8, 4) is 0 Å². The molecule has 0 fully saturated rings. The van der Waals surface area contributed by atoms with Gasteiger partial charge in [-0.15, -0.1) is 10.2 Å². The van der Waals surface area contributed by atoms with Gasteiger partial charge in [0.05, 0.1) is 33.7 Å². The normalized spacial score (nSPS) is 24.9. The van der Waals surface area contributed by atoms with Gasteiger partial charge in [-0.25, -0.2) is 0 Å². The molecule has 0 spiro atoms. The Morgan fingerprint density at radius 2 is 0.608 bits per heavy atom. The van der Waals surface area contributed by atoms with Gasteiger partial charge >= 0.3 is 0 Å². The van der Waals surface area contributed by atoms with Crippen LogP contribution in [0.1, 0.15) is 147 Å². The van der Waals surface area contributed by atoms with Crippen molar-refractivity contribution in [2.24, 2.45) is 32.0 Å². The van der Waals surface area contributed by atoms with E-state index in [-0.39, 0.29) is 49.2 Å². The number of hydrogen-bond donors (Lipinski definition) is 0. The van der Waals surface area contributed by atoms with Gasteiger partial charge in [-0.1, -0.05) is 69.2 Å². The molecular formula is C39H72N12. The SMILES string of the molecule is CN1C(C)(C)c2nn(C)nc2C(C)(C)C1(C)C.CN1c2nn(C)nc2N(C)C(C)(C)C1(C)C.Cn1nc2c(n1)C(C)(C)C(C)(C)C(C)(C)C2(C)C. The zero-order chi connectivity index (χ0) is 39.7. The number of fused-ring (bicyclic) bond motifs is 3. The molecule has 288 valence electrons. The quantitative estimate of drug-likeness (QED) is 0.251. The van der Waals surface area contributed by atoms with Crippen LogP contribution in [-0.4, -0.2) is 87.6 Å². The van der Waals surface area contributed by atoms with Gasteiger partial charge in [-0.2, -0.15) is 34.8 Å². The Balaban J connectivity index is 0.000000172. The highest BCUT2D eigenvalue weighted by Crippen LogP contribution is 2.64. The Hall–Kier alpha value is -3.02. The van der Waals surface area contributed by atoms with E-state index in [1.54, 1.807) is 14.4 Å². The van der Waals surface area contributed by atoms with E-state index in [1.807, 2.05) is 21.1 Å². The minimum atomic E-state index is -0.0807. The first-order valence-electron chi connectivity index (χ1n) is 18.6. The molecular weight excluding hydrogens is 637 g/mol. The van der Waals surface area contributed by atoms with E-state index < -0.39 is 0 Å². The standard InChI is InChI=1S/C15H27N3.C13H24N4.C11H21N5/c1-12(2)10-11(17-18(9)16-10)13(3,4)15(7,8)14(12,5)6;1-11(2)9-10(15-17(8)14-9)12(3,4)16(7)13(11,5)6;1-10(2)11(3,4)15(6)9-8(14(10)5)12-16(7)13-9/h1-9H3;1-8H3;1-7H3. The van der Waals surface area contributed by atoms with Crippen molar-refractivity contribution in [1.29, 1.82) is 0 Å². The van der Waals surface area contributed by atoms with Crippen LogP contribution in [-0.2, 0) is 42.9 Å². The average Bonchev–Trinajstić information content (AvgIpc) is 3.71. The molecule has 12 nitrogen and oxygen atoms in total. The van der Waals surface area contributed by atoms with E-state index in [1.165, 1.54) is 11.4 Å². The predicted octanol–water partition coefficient (Wildman–Crippen LogP) is 6.75. The van der Waals surface area contributed by atoms with Crippen molar-refractivity contribution in [2.45, 2.75) is 163 Å². The molecule has 0 amide bonds. The van der Waals surface area contributed by atoms with Gasteiger partial charge in [0.2, 0.25) is 0 Å². The molecule has 0 bridgehead atoms. The minimum Gasteiger partial charge on any atom is -0.348 e. The van der Waals surface area contributed by atoms with Gasteiger partial charge < -0.3 is 9.80 Å². The van der Waals surface area contributed by atoms with Crippen LogP contribution in [0, 0.1) is 10.8 Å². The van der Waals surface area contributed by atoms with Gasteiger partial charge in [-0.05, 0) is 73.3 Å². The minimum absolute atomic E-state index is 0.00475. The summed E-state index contributed by atoms with van der Waals surface area (Å²) in [6, 6.07) is 0. The number of aromatic nitrogens is 9. The first-order valence-corrected chi connectivity index (χ1v) is 18.6. The highest BCUT2D eigenvalue weighted by molar-refractivity contribution is 5.68. The monoisotopic (exact) mass is 709 g/mol. The first-order chi connectivity index (χ1) is 22.6. The fourth-order valence-corrected chi connectivity index (χ4v) is 8.38. The van der Waals surface area contributed by atoms with Crippen molar-refractivity contribution < 1.29 is 0 Å². The zero-order valence-electron chi connectivity index (χ0n) is 36.9. The molecule has 0 aromatic carbocycles. The number of nitrogens with zero attached hydrogens (tertiary/aromatic N) is 12. The van der Waals surface area contributed by atoms with Crippen molar-refractivity contribution in [3.05, 3.63) is 22.8 Å². The molecule has 0 atom stereocenters. The number of hydrogen-bond acceptors (Lipinski definition) is 9. The van der Waals surface area contributed by atoms with E-state index in [4.69, 9.17) is 0 Å². The summed E-state index contributed by atoms with van der Waals surface area (Å²) in [5, 5.41) is 27.4. The van der Waals surface area contributed by atoms with Gasteiger partial charge in [0.25, 0.3) is 0 Å².